The average Bonchev–Trinajstić information content (AvgIpc) is 3.59. The molecule has 6 rings (SSSR count). The summed E-state index contributed by atoms with van der Waals surface area (Å²) >= 11 is 0. The number of hydrogen-bond donors (Lipinski definition) is 1. The fourth-order valence-corrected chi connectivity index (χ4v) is 9.12. The predicted octanol–water partition coefficient (Wildman–Crippen LogP) is 1.64. The molecule has 2 bridgehead atoms. The van der Waals surface area contributed by atoms with E-state index in [1.807, 2.05) is 0 Å². The first-order chi connectivity index (χ1) is 18.9. The lowest BCUT2D eigenvalue weighted by Crippen LogP contribution is -2.57. The number of aromatic nitrogens is 1. The van der Waals surface area contributed by atoms with E-state index >= 15 is 0 Å². The van der Waals surface area contributed by atoms with Crippen LogP contribution in [0.15, 0.2) is 10.6 Å². The highest BCUT2D eigenvalue weighted by Crippen LogP contribution is 2.41. The molecule has 0 spiro atoms. The maximum absolute atomic E-state index is 13.8. The van der Waals surface area contributed by atoms with Crippen molar-refractivity contribution in [1.82, 2.24) is 28.9 Å². The molecule has 1 N–H and O–H groups in total. The van der Waals surface area contributed by atoms with Crippen LogP contribution in [0.4, 0.5) is 0 Å². The molecular weight excluding hydrogens is 520 g/mol. The Bertz CT molecular complexity index is 1080. The largest absolute Gasteiger partial charge is 0.379 e. The lowest BCUT2D eigenvalue weighted by molar-refractivity contribution is 0.0354. The highest BCUT2D eigenvalue weighted by molar-refractivity contribution is 7.86. The molecule has 1 aromatic rings. The molecule has 0 aromatic carbocycles. The summed E-state index contributed by atoms with van der Waals surface area (Å²) in [5.41, 5.74) is 0.327. The summed E-state index contributed by atoms with van der Waals surface area (Å²) in [6, 6.07) is 2.03. The van der Waals surface area contributed by atoms with E-state index in [9.17, 15) is 13.2 Å². The number of carbonyl (C=O) groups excluding carboxylic acids is 1. The molecule has 5 heterocycles. The summed E-state index contributed by atoms with van der Waals surface area (Å²) in [4.78, 5) is 17.7. The second-order valence-corrected chi connectivity index (χ2v) is 14.0. The van der Waals surface area contributed by atoms with E-state index < -0.39 is 10.2 Å². The number of piperidine rings is 2. The third kappa shape index (κ3) is 6.20. The molecule has 3 atom stereocenters. The van der Waals surface area contributed by atoms with Gasteiger partial charge in [0, 0.05) is 62.3 Å². The van der Waals surface area contributed by atoms with E-state index in [4.69, 9.17) is 9.26 Å². The van der Waals surface area contributed by atoms with Crippen molar-refractivity contribution in [2.45, 2.75) is 87.9 Å². The monoisotopic (exact) mass is 564 g/mol. The quantitative estimate of drug-likeness (QED) is 0.457. The Hall–Kier alpha value is -1.57. The molecule has 5 fully saturated rings. The second-order valence-electron chi connectivity index (χ2n) is 12.2. The number of carbonyl (C=O) groups is 1. The third-order valence-corrected chi connectivity index (χ3v) is 11.6. The van der Waals surface area contributed by atoms with Gasteiger partial charge >= 0.3 is 0 Å². The van der Waals surface area contributed by atoms with E-state index in [-0.39, 0.29) is 24.0 Å². The Kier molecular flexibility index (Phi) is 8.30. The van der Waals surface area contributed by atoms with Crippen molar-refractivity contribution < 1.29 is 22.5 Å². The molecule has 1 aromatic heterocycles. The number of hydrogen-bond acceptors (Lipinski definition) is 8. The van der Waals surface area contributed by atoms with Crippen molar-refractivity contribution in [2.24, 2.45) is 0 Å². The van der Waals surface area contributed by atoms with Crippen LogP contribution < -0.4 is 5.32 Å². The number of rotatable bonds is 10. The summed E-state index contributed by atoms with van der Waals surface area (Å²) in [7, 11) is -1.34. The van der Waals surface area contributed by atoms with Crippen LogP contribution in [0.2, 0.25) is 0 Å². The molecule has 0 radical (unpaired) electrons. The van der Waals surface area contributed by atoms with Crippen LogP contribution in [0.5, 0.6) is 0 Å². The predicted molar refractivity (Wildman–Crippen MR) is 146 cm³/mol. The van der Waals surface area contributed by atoms with Gasteiger partial charge in [-0.3, -0.25) is 9.69 Å². The lowest BCUT2D eigenvalue weighted by Gasteiger charge is -2.43. The maximum atomic E-state index is 13.8. The van der Waals surface area contributed by atoms with Gasteiger partial charge in [-0.2, -0.15) is 17.0 Å². The van der Waals surface area contributed by atoms with E-state index in [1.165, 1.54) is 0 Å². The van der Waals surface area contributed by atoms with Gasteiger partial charge in [0.15, 0.2) is 5.69 Å². The third-order valence-electron chi connectivity index (χ3n) is 9.47. The zero-order chi connectivity index (χ0) is 27.0. The van der Waals surface area contributed by atoms with Crippen molar-refractivity contribution >= 4 is 16.1 Å². The zero-order valence-corrected chi connectivity index (χ0v) is 24.0. The molecule has 218 valence electrons. The first kappa shape index (κ1) is 27.6. The van der Waals surface area contributed by atoms with Crippen LogP contribution in [0.3, 0.4) is 0 Å². The molecule has 0 unspecified atom stereocenters. The zero-order valence-electron chi connectivity index (χ0n) is 23.2. The number of amides is 1. The van der Waals surface area contributed by atoms with Gasteiger partial charge in [-0.1, -0.05) is 5.16 Å². The molecule has 4 aliphatic heterocycles. The molecule has 1 aliphatic carbocycles. The summed E-state index contributed by atoms with van der Waals surface area (Å²) < 4.78 is 41.8. The van der Waals surface area contributed by atoms with Crippen molar-refractivity contribution in [3.8, 4) is 0 Å². The van der Waals surface area contributed by atoms with Crippen LogP contribution in [0, 0.1) is 0 Å². The Morgan fingerprint density at radius 2 is 1.74 bits per heavy atom. The van der Waals surface area contributed by atoms with Crippen molar-refractivity contribution in [2.75, 3.05) is 59.5 Å². The minimum atomic E-state index is -3.52. The second kappa shape index (κ2) is 11.7. The molecule has 12 heteroatoms. The summed E-state index contributed by atoms with van der Waals surface area (Å²) in [6.07, 6.45) is 8.07. The fourth-order valence-electron chi connectivity index (χ4n) is 7.04. The van der Waals surface area contributed by atoms with Crippen LogP contribution in [0.1, 0.15) is 80.0 Å². The first-order valence-corrected chi connectivity index (χ1v) is 16.3. The van der Waals surface area contributed by atoms with Crippen molar-refractivity contribution in [1.29, 1.82) is 0 Å². The van der Waals surface area contributed by atoms with Gasteiger partial charge in [0.25, 0.3) is 16.1 Å². The topological polar surface area (TPSA) is 111 Å². The van der Waals surface area contributed by atoms with Gasteiger partial charge < -0.3 is 19.5 Å². The SMILES string of the molecule is CN(CCCN1CCOCC1)C1CCN(S(=O)(=O)N2[C@@H]3CC[C@H]2C[C@@H](NC(=O)c2cc(C4CC4)on2)C3)CC1. The van der Waals surface area contributed by atoms with Crippen molar-refractivity contribution in [3.05, 3.63) is 17.5 Å². The Morgan fingerprint density at radius 1 is 1.05 bits per heavy atom. The summed E-state index contributed by atoms with van der Waals surface area (Å²) in [5, 5.41) is 7.06. The van der Waals surface area contributed by atoms with E-state index in [1.54, 1.807) is 14.7 Å². The maximum Gasteiger partial charge on any atom is 0.282 e. The van der Waals surface area contributed by atoms with Gasteiger partial charge in [-0.25, -0.2) is 0 Å². The summed E-state index contributed by atoms with van der Waals surface area (Å²) in [6.45, 7) is 7.00. The lowest BCUT2D eigenvalue weighted by atomic mass is 9.99. The van der Waals surface area contributed by atoms with Crippen LogP contribution >= 0.6 is 0 Å². The van der Waals surface area contributed by atoms with Crippen LogP contribution in [-0.2, 0) is 14.9 Å². The van der Waals surface area contributed by atoms with Gasteiger partial charge in [-0.05, 0) is 77.9 Å². The average molecular weight is 565 g/mol. The minimum absolute atomic E-state index is 0.0422. The molecule has 4 saturated heterocycles. The molecule has 11 nitrogen and oxygen atoms in total. The molecule has 1 saturated carbocycles. The normalized spacial score (nSPS) is 29.7. The first-order valence-electron chi connectivity index (χ1n) is 14.9. The Morgan fingerprint density at radius 3 is 2.41 bits per heavy atom. The highest BCUT2D eigenvalue weighted by atomic mass is 32.2. The fraction of sp³-hybridized carbons (Fsp3) is 0.852. The van der Waals surface area contributed by atoms with Crippen LogP contribution in [-0.4, -0.2) is 122 Å². The highest BCUT2D eigenvalue weighted by Gasteiger charge is 2.49. The van der Waals surface area contributed by atoms with Gasteiger partial charge in [0.2, 0.25) is 0 Å². The smallest absolute Gasteiger partial charge is 0.282 e. The van der Waals surface area contributed by atoms with Crippen molar-refractivity contribution in [3.63, 3.8) is 0 Å². The molecule has 1 amide bonds. The number of nitrogens with zero attached hydrogens (tertiary/aromatic N) is 5. The number of nitrogens with one attached hydrogen (secondary N) is 1. The van der Waals surface area contributed by atoms with Gasteiger partial charge in [0.05, 0.1) is 13.2 Å². The number of fused-ring (bicyclic) bond motifs is 2. The molecule has 39 heavy (non-hydrogen) atoms. The standard InChI is InChI=1S/C27H44N6O5S/c1-30(9-2-10-31-13-15-37-16-14-31)22-7-11-32(12-8-22)39(35,36)33-23-5-6-24(33)18-21(17-23)28-27(34)25-19-26(38-29-25)20-3-4-20/h19-24H,2-18H2,1H3,(H,28,34)/t21-,23+,24-. The number of ether oxygens (including phenoxy) is 1. The molecular formula is C27H44N6O5S. The van der Waals surface area contributed by atoms with Gasteiger partial charge in [-0.15, -0.1) is 0 Å². The van der Waals surface area contributed by atoms with E-state index in [2.05, 4.69) is 27.3 Å². The number of morpholine rings is 1. The van der Waals surface area contributed by atoms with Crippen LogP contribution in [0.25, 0.3) is 0 Å². The van der Waals surface area contributed by atoms with Gasteiger partial charge in [0.1, 0.15) is 5.76 Å². The molecule has 5 aliphatic rings. The van der Waals surface area contributed by atoms with E-state index in [0.29, 0.717) is 43.6 Å². The Labute approximate surface area is 232 Å². The minimum Gasteiger partial charge on any atom is -0.379 e. The Balaban J connectivity index is 0.972. The summed E-state index contributed by atoms with van der Waals surface area (Å²) in [5.74, 6) is 0.987. The van der Waals surface area contributed by atoms with E-state index in [0.717, 1.165) is 90.1 Å².